The van der Waals surface area contributed by atoms with Gasteiger partial charge in [0.25, 0.3) is 0 Å². The van der Waals surface area contributed by atoms with Gasteiger partial charge in [-0.25, -0.2) is 4.18 Å². The highest BCUT2D eigenvalue weighted by molar-refractivity contribution is 7.80. The van der Waals surface area contributed by atoms with Gasteiger partial charge in [0.2, 0.25) is 0 Å². The molecule has 0 heterocycles. The lowest BCUT2D eigenvalue weighted by Gasteiger charge is -2.08. The van der Waals surface area contributed by atoms with Crippen LogP contribution < -0.4 is 5.32 Å². The van der Waals surface area contributed by atoms with E-state index < -0.39 is 10.4 Å². The van der Waals surface area contributed by atoms with Crippen molar-refractivity contribution in [2.24, 2.45) is 0 Å². The molecule has 0 amide bonds. The smallest absolute Gasteiger partial charge is 0.381 e. The van der Waals surface area contributed by atoms with Crippen molar-refractivity contribution in [2.75, 3.05) is 18.5 Å². The molecule has 0 aliphatic rings. The molecule has 1 aromatic rings. The molecule has 0 aliphatic carbocycles. The number of halogens is 2. The van der Waals surface area contributed by atoms with Crippen LogP contribution in [0.3, 0.4) is 0 Å². The zero-order valence-corrected chi connectivity index (χ0v) is 10.3. The van der Waals surface area contributed by atoms with Crippen molar-refractivity contribution in [1.29, 1.82) is 0 Å². The van der Waals surface area contributed by atoms with Gasteiger partial charge in [0, 0.05) is 6.54 Å². The topological polar surface area (TPSA) is 75.6 Å². The fraction of sp³-hybridized carbons (Fsp3) is 0.250. The first-order chi connectivity index (χ1) is 7.40. The quantitative estimate of drug-likeness (QED) is 0.641. The minimum absolute atomic E-state index is 0.167. The average Bonchev–Trinajstić information content (AvgIpc) is 2.17. The summed E-state index contributed by atoms with van der Waals surface area (Å²) in [5, 5.41) is 3.54. The van der Waals surface area contributed by atoms with Crippen molar-refractivity contribution >= 4 is 39.3 Å². The standard InChI is InChI=1S/C8H9Cl2NO4S/c9-6-2-1-3-7(8(6)10)11-4-5-15-16(12,13)14/h1-3,11H,4-5H2,(H,12,13,14). The van der Waals surface area contributed by atoms with Gasteiger partial charge in [-0.3, -0.25) is 4.55 Å². The summed E-state index contributed by atoms with van der Waals surface area (Å²) in [6.07, 6.45) is 0. The monoisotopic (exact) mass is 285 g/mol. The summed E-state index contributed by atoms with van der Waals surface area (Å²) in [5.41, 5.74) is 0.563. The van der Waals surface area contributed by atoms with Crippen molar-refractivity contribution in [1.82, 2.24) is 0 Å². The van der Waals surface area contributed by atoms with E-state index in [0.29, 0.717) is 15.7 Å². The molecular weight excluding hydrogens is 277 g/mol. The first kappa shape index (κ1) is 13.5. The summed E-state index contributed by atoms with van der Waals surface area (Å²) in [7, 11) is -4.40. The molecule has 0 aliphatic heterocycles. The van der Waals surface area contributed by atoms with E-state index in [1.807, 2.05) is 0 Å². The van der Waals surface area contributed by atoms with Crippen molar-refractivity contribution in [3.05, 3.63) is 28.2 Å². The molecule has 0 unspecified atom stereocenters. The van der Waals surface area contributed by atoms with Gasteiger partial charge in [-0.1, -0.05) is 29.3 Å². The van der Waals surface area contributed by atoms with Crippen LogP contribution in [0.25, 0.3) is 0 Å². The van der Waals surface area contributed by atoms with Gasteiger partial charge in [0.05, 0.1) is 22.3 Å². The van der Waals surface area contributed by atoms with Gasteiger partial charge in [0.15, 0.2) is 0 Å². The first-order valence-corrected chi connectivity index (χ1v) is 6.32. The summed E-state index contributed by atoms with van der Waals surface area (Å²) < 4.78 is 32.8. The van der Waals surface area contributed by atoms with E-state index in [-0.39, 0.29) is 13.2 Å². The Kier molecular flexibility index (Phi) is 4.82. The molecule has 0 bridgehead atoms. The Labute approximate surface area is 103 Å². The van der Waals surface area contributed by atoms with Crippen LogP contribution >= 0.6 is 23.2 Å². The lowest BCUT2D eigenvalue weighted by molar-refractivity contribution is 0.278. The van der Waals surface area contributed by atoms with Crippen LogP contribution in [0.2, 0.25) is 10.0 Å². The van der Waals surface area contributed by atoms with E-state index >= 15 is 0 Å². The van der Waals surface area contributed by atoms with E-state index in [0.717, 1.165) is 0 Å². The molecule has 0 saturated carbocycles. The van der Waals surface area contributed by atoms with Crippen LogP contribution in [-0.4, -0.2) is 26.1 Å². The maximum atomic E-state index is 10.2. The third-order valence-electron chi connectivity index (χ3n) is 1.60. The van der Waals surface area contributed by atoms with E-state index in [9.17, 15) is 8.42 Å². The zero-order chi connectivity index (χ0) is 12.2. The molecule has 0 radical (unpaired) electrons. The van der Waals surface area contributed by atoms with Crippen LogP contribution in [0.5, 0.6) is 0 Å². The second kappa shape index (κ2) is 5.70. The van der Waals surface area contributed by atoms with E-state index in [1.165, 1.54) is 0 Å². The van der Waals surface area contributed by atoms with Crippen LogP contribution in [0.4, 0.5) is 5.69 Å². The Bertz CT molecular complexity index is 463. The number of hydrogen-bond donors (Lipinski definition) is 2. The van der Waals surface area contributed by atoms with Gasteiger partial charge in [0.1, 0.15) is 0 Å². The fourth-order valence-corrected chi connectivity index (χ4v) is 1.63. The molecular formula is C8H9Cl2NO4S. The predicted molar refractivity (Wildman–Crippen MR) is 62.5 cm³/mol. The van der Waals surface area contributed by atoms with Crippen LogP contribution in [-0.2, 0) is 14.6 Å². The maximum absolute atomic E-state index is 10.2. The first-order valence-electron chi connectivity index (χ1n) is 4.20. The fourth-order valence-electron chi connectivity index (χ4n) is 0.973. The largest absolute Gasteiger partial charge is 0.397 e. The average molecular weight is 286 g/mol. The SMILES string of the molecule is O=S(=O)(O)OCCNc1cccc(Cl)c1Cl. The molecule has 5 nitrogen and oxygen atoms in total. The lowest BCUT2D eigenvalue weighted by Crippen LogP contribution is -2.13. The highest BCUT2D eigenvalue weighted by Gasteiger charge is 2.05. The van der Waals surface area contributed by atoms with Crippen LogP contribution in [0.15, 0.2) is 18.2 Å². The van der Waals surface area contributed by atoms with Gasteiger partial charge in [-0.15, -0.1) is 0 Å². The van der Waals surface area contributed by atoms with Crippen molar-refractivity contribution in [2.45, 2.75) is 0 Å². The van der Waals surface area contributed by atoms with Gasteiger partial charge in [-0.2, -0.15) is 8.42 Å². The van der Waals surface area contributed by atoms with Crippen molar-refractivity contribution in [3.63, 3.8) is 0 Å². The zero-order valence-electron chi connectivity index (χ0n) is 7.98. The summed E-state index contributed by atoms with van der Waals surface area (Å²) >= 11 is 11.6. The predicted octanol–water partition coefficient (Wildman–Crippen LogP) is 2.22. The normalized spacial score (nSPS) is 11.4. The Morgan fingerprint density at radius 1 is 1.38 bits per heavy atom. The Hall–Kier alpha value is -0.530. The third-order valence-corrected chi connectivity index (χ3v) is 2.88. The summed E-state index contributed by atoms with van der Waals surface area (Å²) in [5.74, 6) is 0. The molecule has 0 atom stereocenters. The number of benzene rings is 1. The van der Waals surface area contributed by atoms with Gasteiger partial charge >= 0.3 is 10.4 Å². The van der Waals surface area contributed by atoms with E-state index in [1.54, 1.807) is 18.2 Å². The number of rotatable bonds is 5. The molecule has 0 spiro atoms. The van der Waals surface area contributed by atoms with Crippen LogP contribution in [0, 0.1) is 0 Å². The van der Waals surface area contributed by atoms with Gasteiger partial charge in [-0.05, 0) is 12.1 Å². The Morgan fingerprint density at radius 3 is 2.69 bits per heavy atom. The molecule has 0 fully saturated rings. The molecule has 1 aromatic carbocycles. The van der Waals surface area contributed by atoms with Gasteiger partial charge < -0.3 is 5.32 Å². The molecule has 8 heteroatoms. The molecule has 2 N–H and O–H groups in total. The van der Waals surface area contributed by atoms with Crippen molar-refractivity contribution in [3.8, 4) is 0 Å². The molecule has 90 valence electrons. The van der Waals surface area contributed by atoms with Crippen molar-refractivity contribution < 1.29 is 17.2 Å². The second-order valence-electron chi connectivity index (χ2n) is 2.78. The highest BCUT2D eigenvalue weighted by Crippen LogP contribution is 2.29. The third kappa shape index (κ3) is 4.54. The number of anilines is 1. The number of nitrogens with one attached hydrogen (secondary N) is 1. The molecule has 0 saturated heterocycles. The maximum Gasteiger partial charge on any atom is 0.397 e. The minimum Gasteiger partial charge on any atom is -0.381 e. The minimum atomic E-state index is -4.40. The summed E-state index contributed by atoms with van der Waals surface area (Å²) in [6.45, 7) is -0.0402. The molecule has 16 heavy (non-hydrogen) atoms. The summed E-state index contributed by atoms with van der Waals surface area (Å²) in [4.78, 5) is 0. The Balaban J connectivity index is 2.47. The van der Waals surface area contributed by atoms with E-state index in [4.69, 9.17) is 27.8 Å². The second-order valence-corrected chi connectivity index (χ2v) is 4.65. The number of hydrogen-bond acceptors (Lipinski definition) is 4. The highest BCUT2D eigenvalue weighted by atomic mass is 35.5. The van der Waals surface area contributed by atoms with E-state index in [2.05, 4.69) is 9.50 Å². The molecule has 1 rings (SSSR count). The Morgan fingerprint density at radius 2 is 2.06 bits per heavy atom. The van der Waals surface area contributed by atoms with Crippen LogP contribution in [0.1, 0.15) is 0 Å². The lowest BCUT2D eigenvalue weighted by atomic mass is 10.3. The molecule has 0 aromatic heterocycles. The summed E-state index contributed by atoms with van der Waals surface area (Å²) in [6, 6.07) is 5.01.